The minimum absolute atomic E-state index is 0.0418. The summed E-state index contributed by atoms with van der Waals surface area (Å²) in [5, 5.41) is 2.41. The number of H-pyrrole nitrogens is 2. The quantitative estimate of drug-likeness (QED) is 0.129. The van der Waals surface area contributed by atoms with Gasteiger partial charge in [-0.05, 0) is 201 Å². The van der Waals surface area contributed by atoms with Crippen molar-refractivity contribution in [1.82, 2.24) is 19.9 Å². The van der Waals surface area contributed by atoms with E-state index < -0.39 is 0 Å². The topological polar surface area (TPSA) is 57.4 Å². The molecule has 7 aromatic rings. The number of rotatable bonds is 6. The van der Waals surface area contributed by atoms with Crippen molar-refractivity contribution in [3.8, 4) is 34.1 Å². The predicted octanol–water partition coefficient (Wildman–Crippen LogP) is 17.8. The van der Waals surface area contributed by atoms with Gasteiger partial charge in [-0.1, -0.05) is 136 Å². The molecule has 4 aromatic carbocycles. The second-order valence-corrected chi connectivity index (χ2v) is 22.3. The average Bonchev–Trinajstić information content (AvgIpc) is 4.01. The molecule has 0 radical (unpaired) electrons. The van der Waals surface area contributed by atoms with Crippen LogP contribution in [0.1, 0.15) is 163 Å². The summed E-state index contributed by atoms with van der Waals surface area (Å²) in [7, 11) is 0. The SMILES string of the molecule is CCC1=C(C)c2nc1cc1[nH]c(c(C)c1CC)c(-c1cc(C(C)(C)C)cc(C(C)(C)C)c1)c1[nH]c(cc3nc(c2-c2ccc(C#Cc4ccc(I)c5ccccc45)cc2)C(C)=C3CC)c(CC)c1C. The van der Waals surface area contributed by atoms with Gasteiger partial charge in [0.25, 0.3) is 0 Å². The number of nitrogens with one attached hydrogen (secondary N) is 2. The molecule has 5 heterocycles. The third-order valence-electron chi connectivity index (χ3n) is 14.8. The summed E-state index contributed by atoms with van der Waals surface area (Å²) in [4.78, 5) is 19.5. The van der Waals surface area contributed by atoms with Crippen LogP contribution < -0.4 is 0 Å². The van der Waals surface area contributed by atoms with E-state index >= 15 is 0 Å². The van der Waals surface area contributed by atoms with Gasteiger partial charge in [0.1, 0.15) is 0 Å². The van der Waals surface area contributed by atoms with Crippen molar-refractivity contribution in [1.29, 1.82) is 0 Å². The molecule has 0 spiro atoms. The number of aryl methyl sites for hydroxylation is 4. The van der Waals surface area contributed by atoms with Gasteiger partial charge in [-0.2, -0.15) is 0 Å². The number of hydrogen-bond donors (Lipinski definition) is 2. The van der Waals surface area contributed by atoms with Crippen molar-refractivity contribution in [2.75, 3.05) is 0 Å². The minimum atomic E-state index is -0.0418. The van der Waals surface area contributed by atoms with Crippen LogP contribution in [0.3, 0.4) is 0 Å². The molecule has 0 unspecified atom stereocenters. The molecule has 0 saturated heterocycles. The van der Waals surface area contributed by atoms with Gasteiger partial charge in [0.15, 0.2) is 0 Å². The Morgan fingerprint density at radius 1 is 0.522 bits per heavy atom. The molecule has 3 aromatic heterocycles. The summed E-state index contributed by atoms with van der Waals surface area (Å²) in [6.07, 6.45) is 3.49. The molecule has 0 atom stereocenters. The maximum Gasteiger partial charge on any atom is 0.0769 e. The number of aromatic amines is 2. The Balaban J connectivity index is 1.38. The fourth-order valence-corrected chi connectivity index (χ4v) is 11.4. The van der Waals surface area contributed by atoms with Gasteiger partial charge in [0, 0.05) is 36.9 Å². The van der Waals surface area contributed by atoms with Gasteiger partial charge >= 0.3 is 0 Å². The van der Waals surface area contributed by atoms with E-state index in [4.69, 9.17) is 9.97 Å². The van der Waals surface area contributed by atoms with Crippen LogP contribution in [0, 0.1) is 29.3 Å². The zero-order chi connectivity index (χ0) is 49.3. The largest absolute Gasteiger partial charge is 0.354 e. The van der Waals surface area contributed by atoms with E-state index in [9.17, 15) is 0 Å². The maximum atomic E-state index is 5.67. The lowest BCUT2D eigenvalue weighted by molar-refractivity contribution is 0.569. The van der Waals surface area contributed by atoms with E-state index in [1.54, 1.807) is 0 Å². The van der Waals surface area contributed by atoms with E-state index in [1.165, 1.54) is 81.1 Å². The van der Waals surface area contributed by atoms with E-state index in [-0.39, 0.29) is 10.8 Å². The van der Waals surface area contributed by atoms with E-state index in [2.05, 4.69) is 232 Å². The predicted molar refractivity (Wildman–Crippen MR) is 306 cm³/mol. The fourth-order valence-electron chi connectivity index (χ4n) is 10.7. The summed E-state index contributed by atoms with van der Waals surface area (Å²) >= 11 is 2.41. The second kappa shape index (κ2) is 18.4. The Bertz CT molecular complexity index is 3390. The Morgan fingerprint density at radius 3 is 1.48 bits per heavy atom. The molecule has 69 heavy (non-hydrogen) atoms. The van der Waals surface area contributed by atoms with Gasteiger partial charge in [0.2, 0.25) is 0 Å². The summed E-state index contributed by atoms with van der Waals surface area (Å²) in [5.41, 5.74) is 27.8. The summed E-state index contributed by atoms with van der Waals surface area (Å²) in [5.74, 6) is 7.00. The van der Waals surface area contributed by atoms with E-state index in [1.807, 2.05) is 0 Å². The van der Waals surface area contributed by atoms with Gasteiger partial charge < -0.3 is 9.97 Å². The Labute approximate surface area is 424 Å². The van der Waals surface area contributed by atoms with Crippen molar-refractivity contribution >= 4 is 77.7 Å². The zero-order valence-electron chi connectivity index (χ0n) is 43.3. The molecule has 0 saturated carbocycles. The molecule has 2 aliphatic heterocycles. The van der Waals surface area contributed by atoms with Crippen LogP contribution in [0.2, 0.25) is 0 Å². The number of allylic oxidation sites excluding steroid dienone is 4. The van der Waals surface area contributed by atoms with Gasteiger partial charge in [-0.25, -0.2) is 9.97 Å². The lowest BCUT2D eigenvalue weighted by Crippen LogP contribution is -2.16. The molecule has 0 aliphatic carbocycles. The van der Waals surface area contributed by atoms with Crippen molar-refractivity contribution in [2.24, 2.45) is 0 Å². The normalized spacial score (nSPS) is 13.1. The van der Waals surface area contributed by atoms with Crippen LogP contribution in [0.4, 0.5) is 0 Å². The molecule has 9 rings (SSSR count). The molecule has 5 heteroatoms. The first-order valence-corrected chi connectivity index (χ1v) is 26.1. The maximum absolute atomic E-state index is 5.67. The van der Waals surface area contributed by atoms with Crippen molar-refractivity contribution < 1.29 is 0 Å². The third-order valence-corrected chi connectivity index (χ3v) is 15.8. The second-order valence-electron chi connectivity index (χ2n) is 21.2. The van der Waals surface area contributed by atoms with Crippen molar-refractivity contribution in [2.45, 2.75) is 133 Å². The monoisotopic (exact) mass is 1020 g/mol. The minimum Gasteiger partial charge on any atom is -0.354 e. The Kier molecular flexibility index (Phi) is 12.8. The molecule has 8 bridgehead atoms. The number of hydrogen-bond acceptors (Lipinski definition) is 2. The number of benzene rings is 4. The number of nitrogens with zero attached hydrogens (tertiary/aromatic N) is 2. The fraction of sp³-hybridized carbons (Fsp3) is 0.312. The molecule has 0 fully saturated rings. The van der Waals surface area contributed by atoms with Crippen LogP contribution in [0.15, 0.2) is 91.0 Å². The van der Waals surface area contributed by atoms with Gasteiger partial charge in [0.05, 0.1) is 33.8 Å². The smallest absolute Gasteiger partial charge is 0.0769 e. The van der Waals surface area contributed by atoms with Crippen LogP contribution in [-0.2, 0) is 23.7 Å². The highest BCUT2D eigenvalue weighted by Gasteiger charge is 2.28. The number of fused-ring (bicyclic) bond motifs is 9. The summed E-state index contributed by atoms with van der Waals surface area (Å²) < 4.78 is 1.23. The number of aromatic nitrogens is 4. The number of halogens is 1. The first-order chi connectivity index (χ1) is 32.9. The molecule has 0 amide bonds. The molecule has 4 nitrogen and oxygen atoms in total. The third kappa shape index (κ3) is 8.62. The Morgan fingerprint density at radius 2 is 1.01 bits per heavy atom. The average molecular weight is 1020 g/mol. The zero-order valence-corrected chi connectivity index (χ0v) is 45.4. The van der Waals surface area contributed by atoms with Crippen LogP contribution in [0.5, 0.6) is 0 Å². The summed E-state index contributed by atoms with van der Waals surface area (Å²) in [6, 6.07) is 33.6. The molecule has 350 valence electrons. The first-order valence-electron chi connectivity index (χ1n) is 25.0. The summed E-state index contributed by atoms with van der Waals surface area (Å²) in [6.45, 7) is 32.2. The highest BCUT2D eigenvalue weighted by atomic mass is 127. The van der Waals surface area contributed by atoms with Crippen LogP contribution >= 0.6 is 22.6 Å². The van der Waals surface area contributed by atoms with Crippen LogP contribution in [-0.4, -0.2) is 19.9 Å². The lowest BCUT2D eigenvalue weighted by atomic mass is 9.78. The molecule has 2 aliphatic rings. The Hall–Kier alpha value is -5.97. The van der Waals surface area contributed by atoms with Gasteiger partial charge in [-0.15, -0.1) is 0 Å². The van der Waals surface area contributed by atoms with Crippen molar-refractivity contribution in [3.63, 3.8) is 0 Å². The molecular weight excluding hydrogens is 952 g/mol. The van der Waals surface area contributed by atoms with E-state index in [0.717, 1.165) is 92.8 Å². The molecular formula is C64H67IN4. The lowest BCUT2D eigenvalue weighted by Gasteiger charge is -2.26. The highest BCUT2D eigenvalue weighted by molar-refractivity contribution is 14.1. The molecule has 2 N–H and O–H groups in total. The van der Waals surface area contributed by atoms with Crippen LogP contribution in [0.25, 0.3) is 77.4 Å². The highest BCUT2D eigenvalue weighted by Crippen LogP contribution is 2.45. The standard InChI is InChI=1S/C64H67IN4/c1-15-46-36(5)59-57(42-27-24-40(25-28-42)23-26-41-29-30-52(65)51-22-20-19-21-50(41)51)60-37(6)47(16-2)54(67-60)35-56-49(18-4)39(8)62(69-56)58(61-38(7)48(17-3)55(68-61)34-53(46)66-59)43-31-44(63(9,10)11)33-45(32-43)64(12,13)14/h19-22,24-25,27-35,68-69H,15-18H2,1-14H3. The van der Waals surface area contributed by atoms with Gasteiger partial charge in [-0.3, -0.25) is 0 Å². The van der Waals surface area contributed by atoms with Crippen molar-refractivity contribution in [3.05, 3.63) is 162 Å². The first kappa shape index (κ1) is 48.1. The van der Waals surface area contributed by atoms with E-state index in [0.29, 0.717) is 0 Å².